The quantitative estimate of drug-likeness (QED) is 0.810. The van der Waals surface area contributed by atoms with Crippen molar-refractivity contribution in [2.45, 2.75) is 13.3 Å². The van der Waals surface area contributed by atoms with E-state index in [1.807, 2.05) is 19.1 Å². The molecular formula is C10H14ClNO. The van der Waals surface area contributed by atoms with E-state index in [1.54, 1.807) is 7.11 Å². The molecule has 1 aromatic carbocycles. The fraction of sp³-hybridized carbons (Fsp3) is 0.400. The molecule has 3 heteroatoms. The molecule has 0 unspecified atom stereocenters. The molecule has 0 fully saturated rings. The second-order valence-corrected chi connectivity index (χ2v) is 3.36. The van der Waals surface area contributed by atoms with Crippen LogP contribution >= 0.6 is 11.6 Å². The van der Waals surface area contributed by atoms with Gasteiger partial charge in [-0.3, -0.25) is 0 Å². The molecule has 0 aromatic heterocycles. The third-order valence-corrected chi connectivity index (χ3v) is 2.38. The van der Waals surface area contributed by atoms with E-state index < -0.39 is 0 Å². The highest BCUT2D eigenvalue weighted by molar-refractivity contribution is 6.31. The van der Waals surface area contributed by atoms with Crippen LogP contribution in [0.2, 0.25) is 5.02 Å². The number of nitrogens with two attached hydrogens (primary N) is 1. The van der Waals surface area contributed by atoms with E-state index in [9.17, 15) is 0 Å². The molecule has 72 valence electrons. The van der Waals surface area contributed by atoms with Crippen LogP contribution in [-0.2, 0) is 6.42 Å². The molecule has 0 heterocycles. The second-order valence-electron chi connectivity index (χ2n) is 2.95. The standard InChI is InChI=1S/C10H14ClNO/c1-7-5-10(13-2)8(3-4-12)6-9(7)11/h5-6H,3-4,12H2,1-2H3. The van der Waals surface area contributed by atoms with Crippen molar-refractivity contribution in [3.63, 3.8) is 0 Å². The summed E-state index contributed by atoms with van der Waals surface area (Å²) in [5.41, 5.74) is 7.57. The second kappa shape index (κ2) is 4.49. The normalized spacial score (nSPS) is 10.2. The van der Waals surface area contributed by atoms with E-state index in [2.05, 4.69) is 0 Å². The Labute approximate surface area is 83.6 Å². The number of hydrogen-bond donors (Lipinski definition) is 1. The summed E-state index contributed by atoms with van der Waals surface area (Å²) >= 11 is 5.98. The minimum atomic E-state index is 0.607. The average Bonchev–Trinajstić information content (AvgIpc) is 2.11. The van der Waals surface area contributed by atoms with Gasteiger partial charge >= 0.3 is 0 Å². The third-order valence-electron chi connectivity index (χ3n) is 1.98. The van der Waals surface area contributed by atoms with Crippen LogP contribution < -0.4 is 10.5 Å². The Hall–Kier alpha value is -0.730. The molecule has 2 nitrogen and oxygen atoms in total. The predicted molar refractivity (Wildman–Crippen MR) is 55.5 cm³/mol. The van der Waals surface area contributed by atoms with Gasteiger partial charge in [-0.25, -0.2) is 0 Å². The van der Waals surface area contributed by atoms with Crippen molar-refractivity contribution in [2.24, 2.45) is 5.73 Å². The van der Waals surface area contributed by atoms with Gasteiger partial charge < -0.3 is 10.5 Å². The number of hydrogen-bond acceptors (Lipinski definition) is 2. The van der Waals surface area contributed by atoms with E-state index in [1.165, 1.54) is 0 Å². The molecular weight excluding hydrogens is 186 g/mol. The van der Waals surface area contributed by atoms with Gasteiger partial charge in [0.15, 0.2) is 0 Å². The Morgan fingerprint density at radius 2 is 2.15 bits per heavy atom. The first-order valence-corrected chi connectivity index (χ1v) is 4.60. The van der Waals surface area contributed by atoms with Crippen molar-refractivity contribution in [3.8, 4) is 5.75 Å². The first-order chi connectivity index (χ1) is 6.19. The number of halogens is 1. The molecule has 1 aromatic rings. The molecule has 0 spiro atoms. The Kier molecular flexibility index (Phi) is 3.58. The lowest BCUT2D eigenvalue weighted by molar-refractivity contribution is 0.409. The number of ether oxygens (including phenoxy) is 1. The molecule has 0 radical (unpaired) electrons. The summed E-state index contributed by atoms with van der Waals surface area (Å²) in [4.78, 5) is 0. The summed E-state index contributed by atoms with van der Waals surface area (Å²) in [6, 6.07) is 3.86. The van der Waals surface area contributed by atoms with Crippen LogP contribution in [0.25, 0.3) is 0 Å². The first-order valence-electron chi connectivity index (χ1n) is 4.22. The van der Waals surface area contributed by atoms with Gasteiger partial charge in [0, 0.05) is 5.02 Å². The van der Waals surface area contributed by atoms with Crippen molar-refractivity contribution < 1.29 is 4.74 Å². The first kappa shape index (κ1) is 10.4. The van der Waals surface area contributed by atoms with Gasteiger partial charge in [0.05, 0.1) is 7.11 Å². The Bertz CT molecular complexity index is 299. The van der Waals surface area contributed by atoms with Gasteiger partial charge in [0.2, 0.25) is 0 Å². The average molecular weight is 200 g/mol. The van der Waals surface area contributed by atoms with E-state index in [4.69, 9.17) is 22.1 Å². The van der Waals surface area contributed by atoms with Gasteiger partial charge in [-0.15, -0.1) is 0 Å². The zero-order chi connectivity index (χ0) is 9.84. The lowest BCUT2D eigenvalue weighted by Gasteiger charge is -2.09. The SMILES string of the molecule is COc1cc(C)c(Cl)cc1CCN. The fourth-order valence-electron chi connectivity index (χ4n) is 1.24. The van der Waals surface area contributed by atoms with Crippen molar-refractivity contribution in [3.05, 3.63) is 28.3 Å². The monoisotopic (exact) mass is 199 g/mol. The highest BCUT2D eigenvalue weighted by Crippen LogP contribution is 2.26. The van der Waals surface area contributed by atoms with Gasteiger partial charge in [-0.1, -0.05) is 11.6 Å². The van der Waals surface area contributed by atoms with Gasteiger partial charge in [0.1, 0.15) is 5.75 Å². The maximum absolute atomic E-state index is 5.98. The Balaban J connectivity index is 3.09. The highest BCUT2D eigenvalue weighted by atomic mass is 35.5. The summed E-state index contributed by atoms with van der Waals surface area (Å²) < 4.78 is 5.22. The number of aryl methyl sites for hydroxylation is 1. The highest BCUT2D eigenvalue weighted by Gasteiger charge is 2.05. The topological polar surface area (TPSA) is 35.2 Å². The predicted octanol–water partition coefficient (Wildman–Crippen LogP) is 2.16. The minimum absolute atomic E-state index is 0.607. The molecule has 13 heavy (non-hydrogen) atoms. The van der Waals surface area contributed by atoms with Crippen LogP contribution in [0.1, 0.15) is 11.1 Å². The van der Waals surface area contributed by atoms with Crippen LogP contribution in [0.5, 0.6) is 5.75 Å². The van der Waals surface area contributed by atoms with Crippen LogP contribution in [0, 0.1) is 6.92 Å². The molecule has 0 amide bonds. The summed E-state index contributed by atoms with van der Waals surface area (Å²) in [5.74, 6) is 0.868. The van der Waals surface area contributed by atoms with Crippen molar-refractivity contribution >= 4 is 11.6 Å². The lowest BCUT2D eigenvalue weighted by Crippen LogP contribution is -2.04. The maximum Gasteiger partial charge on any atom is 0.122 e. The number of methoxy groups -OCH3 is 1. The molecule has 0 aliphatic rings. The number of benzene rings is 1. The zero-order valence-electron chi connectivity index (χ0n) is 7.93. The van der Waals surface area contributed by atoms with E-state index >= 15 is 0 Å². The fourth-order valence-corrected chi connectivity index (χ4v) is 1.42. The summed E-state index contributed by atoms with van der Waals surface area (Å²) in [7, 11) is 1.66. The summed E-state index contributed by atoms with van der Waals surface area (Å²) in [5, 5.41) is 0.768. The molecule has 0 saturated carbocycles. The zero-order valence-corrected chi connectivity index (χ0v) is 8.69. The maximum atomic E-state index is 5.98. The van der Waals surface area contributed by atoms with Crippen LogP contribution in [0.4, 0.5) is 0 Å². The smallest absolute Gasteiger partial charge is 0.122 e. The summed E-state index contributed by atoms with van der Waals surface area (Å²) in [6.07, 6.45) is 0.795. The molecule has 0 aliphatic heterocycles. The van der Waals surface area contributed by atoms with E-state index in [-0.39, 0.29) is 0 Å². The molecule has 2 N–H and O–H groups in total. The summed E-state index contributed by atoms with van der Waals surface area (Å²) in [6.45, 7) is 2.56. The van der Waals surface area contributed by atoms with Gasteiger partial charge in [-0.05, 0) is 43.1 Å². The van der Waals surface area contributed by atoms with E-state index in [0.717, 1.165) is 28.3 Å². The lowest BCUT2D eigenvalue weighted by atomic mass is 10.1. The molecule has 0 saturated heterocycles. The van der Waals surface area contributed by atoms with Crippen molar-refractivity contribution in [1.29, 1.82) is 0 Å². The van der Waals surface area contributed by atoms with Crippen LogP contribution in [0.15, 0.2) is 12.1 Å². The van der Waals surface area contributed by atoms with Crippen molar-refractivity contribution in [2.75, 3.05) is 13.7 Å². The third kappa shape index (κ3) is 2.36. The van der Waals surface area contributed by atoms with Crippen LogP contribution in [-0.4, -0.2) is 13.7 Å². The molecule has 0 atom stereocenters. The molecule has 1 rings (SSSR count). The largest absolute Gasteiger partial charge is 0.496 e. The van der Waals surface area contributed by atoms with Crippen molar-refractivity contribution in [1.82, 2.24) is 0 Å². The van der Waals surface area contributed by atoms with Gasteiger partial charge in [-0.2, -0.15) is 0 Å². The Morgan fingerprint density at radius 1 is 1.46 bits per heavy atom. The minimum Gasteiger partial charge on any atom is -0.496 e. The Morgan fingerprint density at radius 3 is 2.69 bits per heavy atom. The molecule has 0 bridgehead atoms. The van der Waals surface area contributed by atoms with Gasteiger partial charge in [0.25, 0.3) is 0 Å². The van der Waals surface area contributed by atoms with Crippen LogP contribution in [0.3, 0.4) is 0 Å². The van der Waals surface area contributed by atoms with E-state index in [0.29, 0.717) is 6.54 Å². The number of rotatable bonds is 3. The molecule has 0 aliphatic carbocycles.